The smallest absolute Gasteiger partial charge is 0.266 e. The molecule has 3 aromatic rings. The summed E-state index contributed by atoms with van der Waals surface area (Å²) in [6.07, 6.45) is 1.53. The van der Waals surface area contributed by atoms with Crippen LogP contribution in [0.5, 0.6) is 11.5 Å². The lowest BCUT2D eigenvalue weighted by Gasteiger charge is -2.15. The van der Waals surface area contributed by atoms with E-state index in [-0.39, 0.29) is 5.57 Å². The molecule has 0 aliphatic heterocycles. The monoisotopic (exact) mass is 586 g/mol. The van der Waals surface area contributed by atoms with E-state index in [9.17, 15) is 10.1 Å². The van der Waals surface area contributed by atoms with Crippen molar-refractivity contribution in [3.63, 3.8) is 0 Å². The molecule has 34 heavy (non-hydrogen) atoms. The zero-order valence-electron chi connectivity index (χ0n) is 19.1. The van der Waals surface area contributed by atoms with Crippen LogP contribution in [0.3, 0.4) is 0 Å². The van der Waals surface area contributed by atoms with E-state index in [2.05, 4.69) is 27.9 Å². The highest BCUT2D eigenvalue weighted by molar-refractivity contribution is 14.1. The van der Waals surface area contributed by atoms with Gasteiger partial charge in [0.25, 0.3) is 5.91 Å². The predicted octanol–water partition coefficient (Wildman–Crippen LogP) is 7.08. The summed E-state index contributed by atoms with van der Waals surface area (Å²) < 4.78 is 12.7. The molecule has 174 valence electrons. The summed E-state index contributed by atoms with van der Waals surface area (Å²) in [4.78, 5) is 12.8. The number of amides is 1. The molecule has 0 spiro atoms. The quantitative estimate of drug-likeness (QED) is 0.174. The number of nitrogens with zero attached hydrogens (tertiary/aromatic N) is 1. The van der Waals surface area contributed by atoms with Crippen molar-refractivity contribution in [1.82, 2.24) is 0 Å². The van der Waals surface area contributed by atoms with E-state index in [1.807, 2.05) is 50.2 Å². The Kier molecular flexibility index (Phi) is 8.97. The predicted molar refractivity (Wildman–Crippen MR) is 144 cm³/mol. The number of ether oxygens (including phenoxy) is 2. The van der Waals surface area contributed by atoms with E-state index in [1.54, 1.807) is 31.2 Å². The third-order valence-electron chi connectivity index (χ3n) is 5.03. The minimum absolute atomic E-state index is 0.0362. The first-order valence-corrected chi connectivity index (χ1v) is 12.1. The third-order valence-corrected chi connectivity index (χ3v) is 6.24. The zero-order chi connectivity index (χ0) is 24.7. The molecule has 0 saturated heterocycles. The average Bonchev–Trinajstić information content (AvgIpc) is 2.81. The zero-order valence-corrected chi connectivity index (χ0v) is 22.0. The van der Waals surface area contributed by atoms with Crippen molar-refractivity contribution in [2.24, 2.45) is 0 Å². The fourth-order valence-corrected chi connectivity index (χ4v) is 4.12. The number of anilines is 1. The second-order valence-corrected chi connectivity index (χ2v) is 9.14. The second-order valence-electron chi connectivity index (χ2n) is 7.57. The topological polar surface area (TPSA) is 71.3 Å². The van der Waals surface area contributed by atoms with E-state index in [0.717, 1.165) is 14.7 Å². The highest BCUT2D eigenvalue weighted by Crippen LogP contribution is 2.35. The van der Waals surface area contributed by atoms with Gasteiger partial charge in [-0.3, -0.25) is 4.79 Å². The molecule has 7 heteroatoms. The van der Waals surface area contributed by atoms with Crippen LogP contribution in [0, 0.1) is 28.7 Å². The lowest BCUT2D eigenvalue weighted by molar-refractivity contribution is -0.112. The molecular weight excluding hydrogens is 563 g/mol. The maximum Gasteiger partial charge on any atom is 0.266 e. The van der Waals surface area contributed by atoms with Crippen molar-refractivity contribution in [1.29, 1.82) is 5.26 Å². The van der Waals surface area contributed by atoms with Crippen molar-refractivity contribution in [2.75, 3.05) is 11.9 Å². The average molecular weight is 587 g/mol. The van der Waals surface area contributed by atoms with Gasteiger partial charge in [0.1, 0.15) is 18.2 Å². The number of aryl methyl sites for hydroxylation is 1. The van der Waals surface area contributed by atoms with Gasteiger partial charge in [0, 0.05) is 10.7 Å². The van der Waals surface area contributed by atoms with Crippen LogP contribution in [0.25, 0.3) is 6.08 Å². The van der Waals surface area contributed by atoms with Crippen LogP contribution < -0.4 is 14.8 Å². The summed E-state index contributed by atoms with van der Waals surface area (Å²) in [5, 5.41) is 12.9. The fraction of sp³-hybridized carbons (Fsp3) is 0.185. The highest BCUT2D eigenvalue weighted by Gasteiger charge is 2.15. The van der Waals surface area contributed by atoms with Crippen LogP contribution in [-0.2, 0) is 11.4 Å². The van der Waals surface area contributed by atoms with Gasteiger partial charge in [-0.15, -0.1) is 0 Å². The van der Waals surface area contributed by atoms with E-state index >= 15 is 0 Å². The first-order valence-electron chi connectivity index (χ1n) is 10.6. The normalized spacial score (nSPS) is 11.0. The van der Waals surface area contributed by atoms with Gasteiger partial charge >= 0.3 is 0 Å². The number of nitrogens with one attached hydrogen (secondary N) is 1. The summed E-state index contributed by atoms with van der Waals surface area (Å²) in [7, 11) is 0. The lowest BCUT2D eigenvalue weighted by Crippen LogP contribution is -2.14. The SMILES string of the molecule is CCOc1cc(/C=C(\C#N)C(=O)Nc2cccc(Cl)c2C)cc(I)c1OCc1ccc(C)cc1. The molecule has 0 aromatic heterocycles. The maximum atomic E-state index is 12.8. The summed E-state index contributed by atoms with van der Waals surface area (Å²) >= 11 is 8.30. The van der Waals surface area contributed by atoms with Gasteiger partial charge in [-0.05, 0) is 90.4 Å². The van der Waals surface area contributed by atoms with Crippen molar-refractivity contribution in [2.45, 2.75) is 27.4 Å². The number of benzene rings is 3. The molecule has 0 heterocycles. The van der Waals surface area contributed by atoms with Crippen LogP contribution in [-0.4, -0.2) is 12.5 Å². The molecule has 0 bridgehead atoms. The Balaban J connectivity index is 1.86. The Bertz CT molecular complexity index is 1260. The van der Waals surface area contributed by atoms with Crippen LogP contribution in [0.15, 0.2) is 60.2 Å². The molecule has 0 aliphatic carbocycles. The minimum Gasteiger partial charge on any atom is -0.490 e. The van der Waals surface area contributed by atoms with Crippen molar-refractivity contribution in [3.8, 4) is 17.6 Å². The van der Waals surface area contributed by atoms with Crippen LogP contribution in [0.2, 0.25) is 5.02 Å². The standard InChI is InChI=1S/C27H24ClIN2O3/c1-4-33-25-14-20(13-23(29)26(25)34-16-19-10-8-17(2)9-11-19)12-21(15-30)27(32)31-24-7-5-6-22(28)18(24)3/h5-14H,4,16H2,1-3H3,(H,31,32)/b21-12+. The highest BCUT2D eigenvalue weighted by atomic mass is 127. The van der Waals surface area contributed by atoms with Crippen molar-refractivity contribution >= 4 is 51.9 Å². The molecule has 5 nitrogen and oxygen atoms in total. The van der Waals surface area contributed by atoms with Crippen molar-refractivity contribution < 1.29 is 14.3 Å². The second kappa shape index (κ2) is 11.9. The number of halogens is 2. The Hall–Kier alpha value is -3.02. The summed E-state index contributed by atoms with van der Waals surface area (Å²) in [5.41, 5.74) is 4.15. The molecular formula is C27H24ClIN2O3. The first kappa shape index (κ1) is 25.6. The third kappa shape index (κ3) is 6.52. The van der Waals surface area contributed by atoms with Crippen LogP contribution in [0.1, 0.15) is 29.2 Å². The van der Waals surface area contributed by atoms with Gasteiger partial charge < -0.3 is 14.8 Å². The van der Waals surface area contributed by atoms with Gasteiger partial charge in [-0.1, -0.05) is 47.5 Å². The van der Waals surface area contributed by atoms with Gasteiger partial charge in [0.05, 0.1) is 10.2 Å². The Labute approximate surface area is 218 Å². The molecule has 3 aromatic carbocycles. The van der Waals surface area contributed by atoms with Crippen LogP contribution in [0.4, 0.5) is 5.69 Å². The van der Waals surface area contributed by atoms with E-state index in [4.69, 9.17) is 21.1 Å². The molecule has 0 aliphatic rings. The molecule has 3 rings (SSSR count). The van der Waals surface area contributed by atoms with E-state index < -0.39 is 5.91 Å². The van der Waals surface area contributed by atoms with Gasteiger partial charge in [0.2, 0.25) is 0 Å². The molecule has 0 atom stereocenters. The summed E-state index contributed by atoms with van der Waals surface area (Å²) in [5.74, 6) is 0.661. The summed E-state index contributed by atoms with van der Waals surface area (Å²) in [6.45, 7) is 6.58. The van der Waals surface area contributed by atoms with E-state index in [1.165, 1.54) is 11.6 Å². The van der Waals surface area contributed by atoms with Crippen LogP contribution >= 0.6 is 34.2 Å². The van der Waals surface area contributed by atoms with Gasteiger partial charge in [-0.2, -0.15) is 5.26 Å². The summed E-state index contributed by atoms with van der Waals surface area (Å²) in [6, 6.07) is 19.0. The van der Waals surface area contributed by atoms with E-state index in [0.29, 0.717) is 41.0 Å². The van der Waals surface area contributed by atoms with Gasteiger partial charge in [-0.25, -0.2) is 0 Å². The first-order chi connectivity index (χ1) is 16.3. The Morgan fingerprint density at radius 1 is 1.15 bits per heavy atom. The fourth-order valence-electron chi connectivity index (χ4n) is 3.16. The number of nitriles is 1. The number of carbonyl (C=O) groups excluding carboxylic acids is 1. The maximum absolute atomic E-state index is 12.8. The Morgan fingerprint density at radius 3 is 2.56 bits per heavy atom. The minimum atomic E-state index is -0.513. The molecule has 0 fully saturated rings. The number of hydrogen-bond donors (Lipinski definition) is 1. The molecule has 0 saturated carbocycles. The van der Waals surface area contributed by atoms with Gasteiger partial charge in [0.15, 0.2) is 11.5 Å². The molecule has 0 radical (unpaired) electrons. The Morgan fingerprint density at radius 2 is 1.88 bits per heavy atom. The largest absolute Gasteiger partial charge is 0.490 e. The molecule has 1 N–H and O–H groups in total. The lowest BCUT2D eigenvalue weighted by atomic mass is 10.1. The van der Waals surface area contributed by atoms with Crippen molar-refractivity contribution in [3.05, 3.63) is 91.0 Å². The molecule has 1 amide bonds. The number of carbonyl (C=O) groups is 1. The number of rotatable bonds is 8. The molecule has 0 unspecified atom stereocenters. The number of hydrogen-bond acceptors (Lipinski definition) is 4.